The maximum Gasteiger partial charge on any atom is 0.134 e. The first kappa shape index (κ1) is 13.4. The highest BCUT2D eigenvalue weighted by atomic mass is 15.2. The van der Waals surface area contributed by atoms with Crippen LogP contribution in [0.25, 0.3) is 0 Å². The molecule has 102 valence electrons. The fraction of sp³-hybridized carbons (Fsp3) is 0.385. The van der Waals surface area contributed by atoms with Crippen molar-refractivity contribution in [2.45, 2.75) is 13.0 Å². The highest BCUT2D eigenvalue weighted by Crippen LogP contribution is 2.14. The van der Waals surface area contributed by atoms with E-state index in [1.54, 1.807) is 6.33 Å². The number of aromatic amines is 1. The zero-order valence-electron chi connectivity index (χ0n) is 11.1. The molecule has 0 amide bonds. The fourth-order valence-corrected chi connectivity index (χ4v) is 1.77. The van der Waals surface area contributed by atoms with Gasteiger partial charge >= 0.3 is 0 Å². The smallest absolute Gasteiger partial charge is 0.134 e. The molecule has 0 bridgehead atoms. The maximum absolute atomic E-state index is 5.46. The predicted molar refractivity (Wildman–Crippen MR) is 77.1 cm³/mol. The van der Waals surface area contributed by atoms with E-state index in [0.29, 0.717) is 6.54 Å². The Morgan fingerprint density at radius 3 is 3.05 bits per heavy atom. The van der Waals surface area contributed by atoms with E-state index in [1.165, 1.54) is 0 Å². The number of H-pyrrole nitrogens is 1. The summed E-state index contributed by atoms with van der Waals surface area (Å²) in [6.45, 7) is 2.29. The van der Waals surface area contributed by atoms with Crippen molar-refractivity contribution in [2.75, 3.05) is 30.4 Å². The van der Waals surface area contributed by atoms with Crippen LogP contribution in [0, 0.1) is 0 Å². The molecule has 0 aliphatic heterocycles. The number of hydrogen-bond donors (Lipinski definition) is 3. The highest BCUT2D eigenvalue weighted by Gasteiger charge is 2.05. The Balaban J connectivity index is 1.97. The molecule has 0 radical (unpaired) electrons. The van der Waals surface area contributed by atoms with E-state index in [4.69, 9.17) is 5.73 Å². The molecule has 0 atom stereocenters. The predicted octanol–water partition coefficient (Wildman–Crippen LogP) is 1.20. The Labute approximate surface area is 113 Å². The van der Waals surface area contributed by atoms with E-state index < -0.39 is 0 Å². The second kappa shape index (κ2) is 6.75. The van der Waals surface area contributed by atoms with Crippen LogP contribution in [0.15, 0.2) is 30.7 Å². The Hall–Kier alpha value is -2.08. The SMILES string of the molecule is CN(Cc1ccc[nH]1)c1cc(NCCCN)ncn1. The minimum atomic E-state index is 0.678. The quantitative estimate of drug-likeness (QED) is 0.652. The molecule has 6 nitrogen and oxygen atoms in total. The number of hydrogen-bond acceptors (Lipinski definition) is 5. The van der Waals surface area contributed by atoms with Crippen molar-refractivity contribution in [3.63, 3.8) is 0 Å². The summed E-state index contributed by atoms with van der Waals surface area (Å²) in [5.41, 5.74) is 6.61. The molecular formula is C13H20N6. The molecule has 0 unspecified atom stereocenters. The number of nitrogens with one attached hydrogen (secondary N) is 2. The van der Waals surface area contributed by atoms with Crippen molar-refractivity contribution < 1.29 is 0 Å². The fourth-order valence-electron chi connectivity index (χ4n) is 1.77. The average molecular weight is 260 g/mol. The molecule has 4 N–H and O–H groups in total. The first-order valence-corrected chi connectivity index (χ1v) is 6.39. The Morgan fingerprint density at radius 2 is 2.32 bits per heavy atom. The van der Waals surface area contributed by atoms with E-state index in [2.05, 4.69) is 31.2 Å². The Bertz CT molecular complexity index is 482. The molecule has 0 aromatic carbocycles. The van der Waals surface area contributed by atoms with Crippen molar-refractivity contribution >= 4 is 11.6 Å². The number of nitrogens with zero attached hydrogens (tertiary/aromatic N) is 3. The van der Waals surface area contributed by atoms with Gasteiger partial charge in [0, 0.05) is 31.5 Å². The van der Waals surface area contributed by atoms with E-state index in [9.17, 15) is 0 Å². The lowest BCUT2D eigenvalue weighted by Crippen LogP contribution is -2.18. The third kappa shape index (κ3) is 3.96. The Morgan fingerprint density at radius 1 is 1.42 bits per heavy atom. The van der Waals surface area contributed by atoms with Crippen LogP contribution in [0.4, 0.5) is 11.6 Å². The van der Waals surface area contributed by atoms with E-state index in [1.807, 2.05) is 25.4 Å². The van der Waals surface area contributed by atoms with Crippen LogP contribution in [0.2, 0.25) is 0 Å². The largest absolute Gasteiger partial charge is 0.370 e. The minimum absolute atomic E-state index is 0.678. The van der Waals surface area contributed by atoms with Crippen molar-refractivity contribution in [3.8, 4) is 0 Å². The summed E-state index contributed by atoms with van der Waals surface area (Å²) in [6, 6.07) is 5.99. The van der Waals surface area contributed by atoms with Gasteiger partial charge in [0.2, 0.25) is 0 Å². The summed E-state index contributed by atoms with van der Waals surface area (Å²) in [7, 11) is 2.01. The molecule has 0 aliphatic carbocycles. The van der Waals surface area contributed by atoms with E-state index in [0.717, 1.165) is 36.8 Å². The molecule has 0 spiro atoms. The normalized spacial score (nSPS) is 10.4. The topological polar surface area (TPSA) is 82.9 Å². The van der Waals surface area contributed by atoms with Crippen LogP contribution in [0.5, 0.6) is 0 Å². The van der Waals surface area contributed by atoms with Crippen molar-refractivity contribution in [1.29, 1.82) is 0 Å². The van der Waals surface area contributed by atoms with Crippen LogP contribution in [0.3, 0.4) is 0 Å². The highest BCUT2D eigenvalue weighted by molar-refractivity contribution is 5.48. The molecule has 2 rings (SSSR count). The van der Waals surface area contributed by atoms with Gasteiger partial charge in [0.15, 0.2) is 0 Å². The van der Waals surface area contributed by atoms with Crippen molar-refractivity contribution in [3.05, 3.63) is 36.4 Å². The number of rotatable bonds is 7. The van der Waals surface area contributed by atoms with Gasteiger partial charge in [-0.1, -0.05) is 0 Å². The third-order valence-electron chi connectivity index (χ3n) is 2.80. The summed E-state index contributed by atoms with van der Waals surface area (Å²) in [5, 5.41) is 3.23. The van der Waals surface area contributed by atoms with Gasteiger partial charge in [0.05, 0.1) is 6.54 Å². The molecular weight excluding hydrogens is 240 g/mol. The monoisotopic (exact) mass is 260 g/mol. The molecule has 2 heterocycles. The Kier molecular flexibility index (Phi) is 4.74. The van der Waals surface area contributed by atoms with Gasteiger partial charge in [-0.25, -0.2) is 9.97 Å². The lowest BCUT2D eigenvalue weighted by Gasteiger charge is -2.17. The van der Waals surface area contributed by atoms with Gasteiger partial charge in [0.1, 0.15) is 18.0 Å². The molecule has 2 aromatic heterocycles. The molecule has 6 heteroatoms. The van der Waals surface area contributed by atoms with Crippen molar-refractivity contribution in [1.82, 2.24) is 15.0 Å². The molecule has 0 aliphatic rings. The molecule has 0 saturated heterocycles. The molecule has 0 fully saturated rings. The standard InChI is InChI=1S/C13H20N6/c1-19(9-11-4-2-6-15-11)13-8-12(17-10-18-13)16-7-3-5-14/h2,4,6,8,10,15H,3,5,7,9,14H2,1H3,(H,16,17,18). The molecule has 2 aromatic rings. The van der Waals surface area contributed by atoms with Crippen LogP contribution in [0.1, 0.15) is 12.1 Å². The van der Waals surface area contributed by atoms with E-state index in [-0.39, 0.29) is 0 Å². The lowest BCUT2D eigenvalue weighted by atomic mass is 10.4. The second-order valence-corrected chi connectivity index (χ2v) is 4.38. The number of anilines is 2. The van der Waals surface area contributed by atoms with Gasteiger partial charge in [-0.3, -0.25) is 0 Å². The zero-order valence-corrected chi connectivity index (χ0v) is 11.1. The summed E-state index contributed by atoms with van der Waals surface area (Å²) in [6.07, 6.45) is 4.42. The number of nitrogens with two attached hydrogens (primary N) is 1. The molecule has 19 heavy (non-hydrogen) atoms. The summed E-state index contributed by atoms with van der Waals surface area (Å²) >= 11 is 0. The van der Waals surface area contributed by atoms with Gasteiger partial charge in [0.25, 0.3) is 0 Å². The van der Waals surface area contributed by atoms with Gasteiger partial charge in [-0.15, -0.1) is 0 Å². The van der Waals surface area contributed by atoms with Crippen molar-refractivity contribution in [2.24, 2.45) is 5.73 Å². The second-order valence-electron chi connectivity index (χ2n) is 4.38. The summed E-state index contributed by atoms with van der Waals surface area (Å²) in [5.74, 6) is 1.72. The van der Waals surface area contributed by atoms with Crippen LogP contribution < -0.4 is 16.0 Å². The van der Waals surface area contributed by atoms with Gasteiger partial charge in [-0.2, -0.15) is 0 Å². The molecule has 0 saturated carbocycles. The van der Waals surface area contributed by atoms with Gasteiger partial charge < -0.3 is 20.9 Å². The van der Waals surface area contributed by atoms with Crippen LogP contribution in [-0.4, -0.2) is 35.1 Å². The summed E-state index contributed by atoms with van der Waals surface area (Å²) in [4.78, 5) is 13.7. The zero-order chi connectivity index (χ0) is 13.5. The summed E-state index contributed by atoms with van der Waals surface area (Å²) < 4.78 is 0. The maximum atomic E-state index is 5.46. The lowest BCUT2D eigenvalue weighted by molar-refractivity contribution is 0.857. The first-order chi connectivity index (χ1) is 9.29. The van der Waals surface area contributed by atoms with E-state index >= 15 is 0 Å². The van der Waals surface area contributed by atoms with Crippen LogP contribution in [-0.2, 0) is 6.54 Å². The third-order valence-corrected chi connectivity index (χ3v) is 2.80. The van der Waals surface area contributed by atoms with Crippen LogP contribution >= 0.6 is 0 Å². The first-order valence-electron chi connectivity index (χ1n) is 6.39. The number of aromatic nitrogens is 3. The van der Waals surface area contributed by atoms with Gasteiger partial charge in [-0.05, 0) is 25.1 Å². The average Bonchev–Trinajstić information content (AvgIpc) is 2.92. The minimum Gasteiger partial charge on any atom is -0.370 e.